The monoisotopic (exact) mass is 492 g/mol. The third kappa shape index (κ3) is 6.47. The maximum Gasteiger partial charge on any atom is 0.338 e. The van der Waals surface area contributed by atoms with Crippen LogP contribution in [0.1, 0.15) is 68.6 Å². The number of hydrogen-bond acceptors (Lipinski definition) is 6. The molecule has 0 spiro atoms. The smallest absolute Gasteiger partial charge is 0.338 e. The Balaban J connectivity index is 1.49. The van der Waals surface area contributed by atoms with Crippen molar-refractivity contribution in [1.29, 1.82) is 0 Å². The van der Waals surface area contributed by atoms with Crippen LogP contribution in [0.4, 0.5) is 8.78 Å². The van der Waals surface area contributed by atoms with Crippen LogP contribution in [-0.2, 0) is 23.7 Å². The Morgan fingerprint density at radius 1 is 1.26 bits per heavy atom. The molecule has 8 heteroatoms. The molecule has 0 bridgehead atoms. The standard InChI is InChI=1S/C27H34F2O6/c1-2-3-11-23(35-25-12-7-8-15-32-25)27(28,29)14-13-19-20-16-24(30)33-22(20)17-21(19)34-26(31)18-9-5-4-6-10-18/h4-6,9-10,13-14,19-23,25H,2-3,7-8,11-12,15-17H2,1H3. The first kappa shape index (κ1) is 25.8. The minimum Gasteiger partial charge on any atom is -0.462 e. The van der Waals surface area contributed by atoms with Crippen LogP contribution in [0, 0.1) is 11.8 Å². The molecule has 6 atom stereocenters. The van der Waals surface area contributed by atoms with Crippen molar-refractivity contribution in [2.24, 2.45) is 11.8 Å². The van der Waals surface area contributed by atoms with Crippen molar-refractivity contribution in [3.63, 3.8) is 0 Å². The molecule has 192 valence electrons. The third-order valence-electron chi connectivity index (χ3n) is 7.06. The number of halogens is 2. The van der Waals surface area contributed by atoms with Gasteiger partial charge in [0.05, 0.1) is 12.0 Å². The van der Waals surface area contributed by atoms with Crippen molar-refractivity contribution in [3.05, 3.63) is 48.0 Å². The summed E-state index contributed by atoms with van der Waals surface area (Å²) in [6, 6.07) is 8.53. The van der Waals surface area contributed by atoms with Gasteiger partial charge in [-0.3, -0.25) is 4.79 Å². The van der Waals surface area contributed by atoms with Crippen molar-refractivity contribution < 1.29 is 37.3 Å². The van der Waals surface area contributed by atoms with Gasteiger partial charge in [-0.25, -0.2) is 4.79 Å². The number of ether oxygens (including phenoxy) is 4. The number of unbranched alkanes of at least 4 members (excludes halogenated alkanes) is 1. The van der Waals surface area contributed by atoms with Gasteiger partial charge in [0.25, 0.3) is 5.92 Å². The molecule has 6 unspecified atom stereocenters. The van der Waals surface area contributed by atoms with E-state index in [1.54, 1.807) is 30.3 Å². The molecule has 0 aromatic heterocycles. The van der Waals surface area contributed by atoms with E-state index in [-0.39, 0.29) is 24.7 Å². The molecule has 0 radical (unpaired) electrons. The third-order valence-corrected chi connectivity index (χ3v) is 7.06. The predicted molar refractivity (Wildman–Crippen MR) is 124 cm³/mol. The van der Waals surface area contributed by atoms with Crippen molar-refractivity contribution in [2.45, 2.75) is 88.8 Å². The van der Waals surface area contributed by atoms with E-state index in [4.69, 9.17) is 18.9 Å². The quantitative estimate of drug-likeness (QED) is 0.319. The highest BCUT2D eigenvalue weighted by Crippen LogP contribution is 2.44. The average Bonchev–Trinajstić information content (AvgIpc) is 3.36. The molecule has 1 aliphatic carbocycles. The maximum absolute atomic E-state index is 15.4. The molecule has 2 heterocycles. The van der Waals surface area contributed by atoms with Gasteiger partial charge in [0.15, 0.2) is 6.29 Å². The van der Waals surface area contributed by atoms with E-state index in [0.29, 0.717) is 31.4 Å². The molecular formula is C27H34F2O6. The molecule has 3 fully saturated rings. The Labute approximate surface area is 204 Å². The van der Waals surface area contributed by atoms with Gasteiger partial charge in [-0.2, -0.15) is 8.78 Å². The molecule has 35 heavy (non-hydrogen) atoms. The van der Waals surface area contributed by atoms with E-state index < -0.39 is 42.4 Å². The highest BCUT2D eigenvalue weighted by atomic mass is 19.3. The highest BCUT2D eigenvalue weighted by Gasteiger charge is 2.51. The number of benzene rings is 1. The molecular weight excluding hydrogens is 458 g/mol. The zero-order valence-electron chi connectivity index (χ0n) is 20.1. The summed E-state index contributed by atoms with van der Waals surface area (Å²) >= 11 is 0. The van der Waals surface area contributed by atoms with Gasteiger partial charge >= 0.3 is 11.9 Å². The van der Waals surface area contributed by atoms with Gasteiger partial charge in [0.1, 0.15) is 18.3 Å². The van der Waals surface area contributed by atoms with E-state index in [2.05, 4.69) is 0 Å². The van der Waals surface area contributed by atoms with Crippen molar-refractivity contribution in [3.8, 4) is 0 Å². The lowest BCUT2D eigenvalue weighted by Crippen LogP contribution is -2.39. The number of hydrogen-bond donors (Lipinski definition) is 0. The van der Waals surface area contributed by atoms with E-state index in [1.807, 2.05) is 6.92 Å². The first-order chi connectivity index (χ1) is 16.9. The number of esters is 2. The van der Waals surface area contributed by atoms with Gasteiger partial charge in [-0.15, -0.1) is 0 Å². The Hall–Kier alpha value is -2.32. The van der Waals surface area contributed by atoms with Gasteiger partial charge < -0.3 is 18.9 Å². The lowest BCUT2D eigenvalue weighted by atomic mass is 9.90. The molecule has 0 amide bonds. The van der Waals surface area contributed by atoms with E-state index >= 15 is 8.78 Å². The fourth-order valence-electron chi connectivity index (χ4n) is 5.16. The predicted octanol–water partition coefficient (Wildman–Crippen LogP) is 5.46. The maximum atomic E-state index is 15.4. The van der Waals surface area contributed by atoms with Crippen LogP contribution in [-0.4, -0.2) is 49.1 Å². The molecule has 0 N–H and O–H groups in total. The summed E-state index contributed by atoms with van der Waals surface area (Å²) in [5.74, 6) is -4.98. The molecule has 6 nitrogen and oxygen atoms in total. The Kier molecular flexibility index (Phi) is 8.55. The van der Waals surface area contributed by atoms with Crippen molar-refractivity contribution >= 4 is 11.9 Å². The van der Waals surface area contributed by atoms with E-state index in [1.165, 1.54) is 6.08 Å². The van der Waals surface area contributed by atoms with Crippen LogP contribution in [0.15, 0.2) is 42.5 Å². The van der Waals surface area contributed by atoms with Gasteiger partial charge in [-0.1, -0.05) is 44.0 Å². The van der Waals surface area contributed by atoms with Crippen LogP contribution in [0.2, 0.25) is 0 Å². The van der Waals surface area contributed by atoms with Crippen LogP contribution >= 0.6 is 0 Å². The summed E-state index contributed by atoms with van der Waals surface area (Å²) in [5.41, 5.74) is 0.384. The second kappa shape index (κ2) is 11.6. The van der Waals surface area contributed by atoms with E-state index in [0.717, 1.165) is 25.3 Å². The normalized spacial score (nSPS) is 29.7. The Morgan fingerprint density at radius 3 is 2.77 bits per heavy atom. The summed E-state index contributed by atoms with van der Waals surface area (Å²) in [6.07, 6.45) is 3.63. The van der Waals surface area contributed by atoms with Gasteiger partial charge in [-0.05, 0) is 43.9 Å². The minimum absolute atomic E-state index is 0.121. The zero-order valence-corrected chi connectivity index (χ0v) is 20.1. The van der Waals surface area contributed by atoms with Crippen LogP contribution < -0.4 is 0 Å². The lowest BCUT2D eigenvalue weighted by molar-refractivity contribution is -0.229. The van der Waals surface area contributed by atoms with Crippen molar-refractivity contribution in [2.75, 3.05) is 6.61 Å². The topological polar surface area (TPSA) is 71.1 Å². The van der Waals surface area contributed by atoms with Crippen LogP contribution in [0.5, 0.6) is 0 Å². The molecule has 4 rings (SSSR count). The molecule has 1 aromatic carbocycles. The molecule has 2 saturated heterocycles. The summed E-state index contributed by atoms with van der Waals surface area (Å²) in [7, 11) is 0. The molecule has 1 aromatic rings. The number of alkyl halides is 2. The van der Waals surface area contributed by atoms with E-state index in [9.17, 15) is 9.59 Å². The number of fused-ring (bicyclic) bond motifs is 1. The Bertz CT molecular complexity index is 883. The van der Waals surface area contributed by atoms with Gasteiger partial charge in [0.2, 0.25) is 0 Å². The highest BCUT2D eigenvalue weighted by molar-refractivity contribution is 5.89. The van der Waals surface area contributed by atoms with Crippen LogP contribution in [0.25, 0.3) is 0 Å². The van der Waals surface area contributed by atoms with Gasteiger partial charge in [0, 0.05) is 24.9 Å². The molecule has 3 aliphatic rings. The fraction of sp³-hybridized carbons (Fsp3) is 0.630. The number of carbonyl (C=O) groups is 2. The summed E-state index contributed by atoms with van der Waals surface area (Å²) in [4.78, 5) is 24.5. The molecule has 2 aliphatic heterocycles. The number of rotatable bonds is 10. The summed E-state index contributed by atoms with van der Waals surface area (Å²) < 4.78 is 53.2. The van der Waals surface area contributed by atoms with Crippen LogP contribution in [0.3, 0.4) is 0 Å². The number of carbonyl (C=O) groups excluding carboxylic acids is 2. The SMILES string of the molecule is CCCCC(OC1CCCCO1)C(F)(F)C=CC1C(OC(=O)c2ccccc2)CC2OC(=O)CC21. The first-order valence-electron chi connectivity index (χ1n) is 12.7. The fourth-order valence-corrected chi connectivity index (χ4v) is 5.16. The minimum atomic E-state index is -3.24. The average molecular weight is 493 g/mol. The zero-order chi connectivity index (χ0) is 24.8. The van der Waals surface area contributed by atoms with Crippen molar-refractivity contribution in [1.82, 2.24) is 0 Å². The Morgan fingerprint density at radius 2 is 2.06 bits per heavy atom. The lowest BCUT2D eigenvalue weighted by Gasteiger charge is -2.31. The first-order valence-corrected chi connectivity index (χ1v) is 12.7. The molecule has 1 saturated carbocycles. The summed E-state index contributed by atoms with van der Waals surface area (Å²) in [6.45, 7) is 2.46. The second-order valence-corrected chi connectivity index (χ2v) is 9.62. The summed E-state index contributed by atoms with van der Waals surface area (Å²) in [5, 5.41) is 0. The second-order valence-electron chi connectivity index (χ2n) is 9.62. The largest absolute Gasteiger partial charge is 0.462 e.